The van der Waals surface area contributed by atoms with Gasteiger partial charge in [0.15, 0.2) is 0 Å². The van der Waals surface area contributed by atoms with Gasteiger partial charge < -0.3 is 15.6 Å². The molecule has 1 aromatic heterocycles. The Kier molecular flexibility index (Phi) is 3.33. The molecule has 18 heavy (non-hydrogen) atoms. The number of nitrogens with two attached hydrogens (primary N) is 1. The Bertz CT molecular complexity index is 562. The van der Waals surface area contributed by atoms with E-state index in [0.29, 0.717) is 13.1 Å². The molecule has 0 spiro atoms. The lowest BCUT2D eigenvalue weighted by molar-refractivity contribution is 0.0741. The summed E-state index contributed by atoms with van der Waals surface area (Å²) in [6.45, 7) is 3.00. The van der Waals surface area contributed by atoms with Gasteiger partial charge >= 0.3 is 5.69 Å². The van der Waals surface area contributed by atoms with Gasteiger partial charge in [0.1, 0.15) is 5.56 Å². The lowest BCUT2D eigenvalue weighted by Gasteiger charge is -2.20. The molecule has 0 aromatic carbocycles. The van der Waals surface area contributed by atoms with Crippen molar-refractivity contribution in [1.82, 2.24) is 14.9 Å². The Morgan fingerprint density at radius 2 is 2.28 bits per heavy atom. The number of hydrogen-bond donors (Lipinski definition) is 3. The Morgan fingerprint density at radius 3 is 2.83 bits per heavy atom. The SMILES string of the molecule is CC1CC(CN)CN1C(=O)c1c[nH]c(=O)[nH]c1=O. The second-order valence-electron chi connectivity index (χ2n) is 4.63. The van der Waals surface area contributed by atoms with Gasteiger partial charge in [-0.15, -0.1) is 0 Å². The highest BCUT2D eigenvalue weighted by Gasteiger charge is 2.33. The van der Waals surface area contributed by atoms with Gasteiger partial charge in [0.25, 0.3) is 11.5 Å². The maximum Gasteiger partial charge on any atom is 0.325 e. The minimum Gasteiger partial charge on any atom is -0.335 e. The first kappa shape index (κ1) is 12.6. The molecule has 2 heterocycles. The Hall–Kier alpha value is -1.89. The monoisotopic (exact) mass is 252 g/mol. The standard InChI is InChI=1S/C11H16N4O3/c1-6-2-7(3-12)5-15(6)10(17)8-4-13-11(18)14-9(8)16/h4,6-7H,2-3,5,12H2,1H3,(H2,13,14,16,18). The average molecular weight is 252 g/mol. The highest BCUT2D eigenvalue weighted by Crippen LogP contribution is 2.23. The molecule has 98 valence electrons. The van der Waals surface area contributed by atoms with Crippen molar-refractivity contribution in [2.45, 2.75) is 19.4 Å². The highest BCUT2D eigenvalue weighted by atomic mass is 16.2. The van der Waals surface area contributed by atoms with Crippen LogP contribution in [0.5, 0.6) is 0 Å². The van der Waals surface area contributed by atoms with Crippen LogP contribution in [0.4, 0.5) is 0 Å². The maximum atomic E-state index is 12.2. The van der Waals surface area contributed by atoms with Gasteiger partial charge in [0.2, 0.25) is 0 Å². The van der Waals surface area contributed by atoms with Crippen molar-refractivity contribution in [3.63, 3.8) is 0 Å². The number of likely N-dealkylation sites (tertiary alicyclic amines) is 1. The van der Waals surface area contributed by atoms with Gasteiger partial charge in [-0.1, -0.05) is 0 Å². The van der Waals surface area contributed by atoms with Crippen molar-refractivity contribution in [2.75, 3.05) is 13.1 Å². The molecule has 7 nitrogen and oxygen atoms in total. The molecule has 4 N–H and O–H groups in total. The normalized spacial score (nSPS) is 23.3. The summed E-state index contributed by atoms with van der Waals surface area (Å²) >= 11 is 0. The van der Waals surface area contributed by atoms with Crippen molar-refractivity contribution in [2.24, 2.45) is 11.7 Å². The smallest absolute Gasteiger partial charge is 0.325 e. The van der Waals surface area contributed by atoms with Crippen molar-refractivity contribution < 1.29 is 4.79 Å². The van der Waals surface area contributed by atoms with Crippen molar-refractivity contribution in [3.8, 4) is 0 Å². The molecule has 1 amide bonds. The molecule has 0 aliphatic carbocycles. The van der Waals surface area contributed by atoms with Crippen molar-refractivity contribution in [3.05, 3.63) is 32.6 Å². The number of aromatic nitrogens is 2. The Balaban J connectivity index is 2.27. The van der Waals surface area contributed by atoms with Crippen molar-refractivity contribution >= 4 is 5.91 Å². The van der Waals surface area contributed by atoms with E-state index in [1.807, 2.05) is 11.9 Å². The third kappa shape index (κ3) is 2.21. The first-order chi connectivity index (χ1) is 8.52. The molecule has 2 atom stereocenters. The molecule has 2 rings (SSSR count). The minimum absolute atomic E-state index is 0.0425. The summed E-state index contributed by atoms with van der Waals surface area (Å²) in [5.41, 5.74) is 4.27. The summed E-state index contributed by atoms with van der Waals surface area (Å²) in [6.07, 6.45) is 2.00. The van der Waals surface area contributed by atoms with Gasteiger partial charge in [-0.2, -0.15) is 0 Å². The van der Waals surface area contributed by atoms with Crippen molar-refractivity contribution in [1.29, 1.82) is 0 Å². The Labute approximate surface area is 103 Å². The summed E-state index contributed by atoms with van der Waals surface area (Å²) in [6, 6.07) is 0.0531. The van der Waals surface area contributed by atoms with Crippen LogP contribution in [0.1, 0.15) is 23.7 Å². The van der Waals surface area contributed by atoms with E-state index in [1.165, 1.54) is 0 Å². The zero-order valence-electron chi connectivity index (χ0n) is 10.1. The second-order valence-corrected chi connectivity index (χ2v) is 4.63. The van der Waals surface area contributed by atoms with Crippen LogP contribution in [0.2, 0.25) is 0 Å². The van der Waals surface area contributed by atoms with E-state index in [-0.39, 0.29) is 23.4 Å². The zero-order chi connectivity index (χ0) is 13.3. The van der Waals surface area contributed by atoms with Gasteiger partial charge in [-0.25, -0.2) is 4.79 Å². The summed E-state index contributed by atoms with van der Waals surface area (Å²) in [5, 5.41) is 0. The molecular weight excluding hydrogens is 236 g/mol. The lowest BCUT2D eigenvalue weighted by Crippen LogP contribution is -2.39. The van der Waals surface area contributed by atoms with Gasteiger partial charge in [0.05, 0.1) is 0 Å². The topological polar surface area (TPSA) is 112 Å². The molecule has 0 saturated carbocycles. The van der Waals surface area contributed by atoms with Gasteiger partial charge in [-0.3, -0.25) is 14.6 Å². The number of amides is 1. The van der Waals surface area contributed by atoms with E-state index in [2.05, 4.69) is 4.98 Å². The second kappa shape index (κ2) is 4.77. The summed E-state index contributed by atoms with van der Waals surface area (Å²) in [5.74, 6) is -0.0956. The third-order valence-corrected chi connectivity index (χ3v) is 3.31. The van der Waals surface area contributed by atoms with E-state index in [1.54, 1.807) is 4.90 Å². The van der Waals surface area contributed by atoms with Crippen LogP contribution < -0.4 is 17.0 Å². The van der Waals surface area contributed by atoms with Crippen LogP contribution in [0.15, 0.2) is 15.8 Å². The molecule has 1 aliphatic rings. The van der Waals surface area contributed by atoms with Crippen LogP contribution in [-0.4, -0.2) is 39.9 Å². The largest absolute Gasteiger partial charge is 0.335 e. The molecule has 0 radical (unpaired) electrons. The molecular formula is C11H16N4O3. The quantitative estimate of drug-likeness (QED) is 0.618. The number of carbonyl (C=O) groups is 1. The number of carbonyl (C=O) groups excluding carboxylic acids is 1. The first-order valence-electron chi connectivity index (χ1n) is 5.86. The van der Waals surface area contributed by atoms with Gasteiger partial charge in [-0.05, 0) is 25.8 Å². The van der Waals surface area contributed by atoms with E-state index < -0.39 is 11.2 Å². The number of aromatic amines is 2. The molecule has 7 heteroatoms. The van der Waals surface area contributed by atoms with E-state index in [9.17, 15) is 14.4 Å². The molecule has 1 aromatic rings. The molecule has 1 fully saturated rings. The van der Waals surface area contributed by atoms with Crippen LogP contribution in [-0.2, 0) is 0 Å². The Morgan fingerprint density at radius 1 is 1.56 bits per heavy atom. The number of nitrogens with zero attached hydrogens (tertiary/aromatic N) is 1. The van der Waals surface area contributed by atoms with Gasteiger partial charge in [0, 0.05) is 18.8 Å². The molecule has 0 bridgehead atoms. The lowest BCUT2D eigenvalue weighted by atomic mass is 10.1. The fourth-order valence-corrected chi connectivity index (χ4v) is 2.32. The highest BCUT2D eigenvalue weighted by molar-refractivity contribution is 5.93. The average Bonchev–Trinajstić information content (AvgIpc) is 2.70. The van der Waals surface area contributed by atoms with Crippen LogP contribution in [0, 0.1) is 5.92 Å². The van der Waals surface area contributed by atoms with E-state index >= 15 is 0 Å². The first-order valence-corrected chi connectivity index (χ1v) is 5.86. The predicted octanol–water partition coefficient (Wildman–Crippen LogP) is -1.13. The van der Waals surface area contributed by atoms with Crippen LogP contribution >= 0.6 is 0 Å². The number of H-pyrrole nitrogens is 2. The molecule has 2 unspecified atom stereocenters. The fraction of sp³-hybridized carbons (Fsp3) is 0.545. The predicted molar refractivity (Wildman–Crippen MR) is 65.3 cm³/mol. The van der Waals surface area contributed by atoms with E-state index in [4.69, 9.17) is 5.73 Å². The van der Waals surface area contributed by atoms with Crippen LogP contribution in [0.25, 0.3) is 0 Å². The number of hydrogen-bond acceptors (Lipinski definition) is 4. The number of nitrogens with one attached hydrogen (secondary N) is 2. The summed E-state index contributed by atoms with van der Waals surface area (Å²) < 4.78 is 0. The third-order valence-electron chi connectivity index (χ3n) is 3.31. The maximum absolute atomic E-state index is 12.2. The number of rotatable bonds is 2. The van der Waals surface area contributed by atoms with E-state index in [0.717, 1.165) is 12.6 Å². The molecule has 1 aliphatic heterocycles. The fourth-order valence-electron chi connectivity index (χ4n) is 2.32. The minimum atomic E-state index is -0.660. The van der Waals surface area contributed by atoms with Crippen LogP contribution in [0.3, 0.4) is 0 Å². The zero-order valence-corrected chi connectivity index (χ0v) is 10.1. The summed E-state index contributed by atoms with van der Waals surface area (Å²) in [7, 11) is 0. The summed E-state index contributed by atoms with van der Waals surface area (Å²) in [4.78, 5) is 40.6. The molecule has 1 saturated heterocycles.